The Hall–Kier alpha value is -2.08. The van der Waals surface area contributed by atoms with Gasteiger partial charge in [-0.1, -0.05) is 24.6 Å². The molecule has 24 heavy (non-hydrogen) atoms. The maximum atomic E-state index is 11.7. The van der Waals surface area contributed by atoms with Crippen molar-refractivity contribution in [3.63, 3.8) is 0 Å². The molecule has 2 heterocycles. The third kappa shape index (κ3) is 5.85. The summed E-state index contributed by atoms with van der Waals surface area (Å²) in [6, 6.07) is 3.91. The van der Waals surface area contributed by atoms with Crippen molar-refractivity contribution >= 4 is 11.8 Å². The molecule has 1 aliphatic rings. The van der Waals surface area contributed by atoms with E-state index in [0.29, 0.717) is 13.1 Å². The van der Waals surface area contributed by atoms with Crippen molar-refractivity contribution in [3.8, 4) is 0 Å². The summed E-state index contributed by atoms with van der Waals surface area (Å²) in [6.07, 6.45) is 3.83. The zero-order chi connectivity index (χ0) is 17.4. The fraction of sp³-hybridized carbons (Fsp3) is 0.556. The number of aromatic nitrogens is 1. The Bertz CT molecular complexity index is 543. The number of anilines is 1. The molecule has 1 aliphatic heterocycles. The summed E-state index contributed by atoms with van der Waals surface area (Å²) in [7, 11) is 0. The topological polar surface area (TPSA) is 60.5 Å². The molecule has 1 aromatic heterocycles. The number of allylic oxidation sites excluding steroid dienone is 1. The number of piperazine rings is 1. The van der Waals surface area contributed by atoms with Crippen LogP contribution < -0.4 is 15.5 Å². The Kier molecular flexibility index (Phi) is 7.06. The van der Waals surface area contributed by atoms with Crippen LogP contribution in [0.2, 0.25) is 0 Å². The molecule has 0 radical (unpaired) electrons. The zero-order valence-electron chi connectivity index (χ0n) is 15.0. The summed E-state index contributed by atoms with van der Waals surface area (Å²) in [5.41, 5.74) is 2.19. The van der Waals surface area contributed by atoms with Crippen LogP contribution in [0.25, 0.3) is 0 Å². The Morgan fingerprint density at radius 1 is 1.21 bits per heavy atom. The molecule has 0 spiro atoms. The van der Waals surface area contributed by atoms with Gasteiger partial charge in [0.1, 0.15) is 5.82 Å². The van der Waals surface area contributed by atoms with E-state index in [1.54, 1.807) is 0 Å². The maximum absolute atomic E-state index is 11.7. The van der Waals surface area contributed by atoms with E-state index in [0.717, 1.165) is 44.1 Å². The standard InChI is InChI=1S/C18H29N5O/c1-4-22-9-11-23(12-10-22)17-6-5-16(13-20-17)14-21-18(24)19-8-7-15(2)3/h5-7,13H,4,8-12,14H2,1-3H3,(H2,19,21,24). The molecule has 6 nitrogen and oxygen atoms in total. The Balaban J connectivity index is 1.76. The van der Waals surface area contributed by atoms with E-state index in [1.807, 2.05) is 38.3 Å². The lowest BCUT2D eigenvalue weighted by molar-refractivity contribution is 0.241. The predicted octanol–water partition coefficient (Wildman–Crippen LogP) is 1.99. The van der Waals surface area contributed by atoms with Gasteiger partial charge in [-0.2, -0.15) is 0 Å². The van der Waals surface area contributed by atoms with Gasteiger partial charge in [0.05, 0.1) is 0 Å². The summed E-state index contributed by atoms with van der Waals surface area (Å²) in [5, 5.41) is 5.64. The number of pyridine rings is 1. The predicted molar refractivity (Wildman–Crippen MR) is 98.2 cm³/mol. The van der Waals surface area contributed by atoms with Crippen LogP contribution in [-0.4, -0.2) is 55.2 Å². The summed E-state index contributed by atoms with van der Waals surface area (Å²) < 4.78 is 0. The van der Waals surface area contributed by atoms with Crippen LogP contribution in [-0.2, 0) is 6.54 Å². The third-order valence-corrected chi connectivity index (χ3v) is 4.18. The molecule has 0 bridgehead atoms. The lowest BCUT2D eigenvalue weighted by Gasteiger charge is -2.34. The average Bonchev–Trinajstić information content (AvgIpc) is 2.60. The maximum Gasteiger partial charge on any atom is 0.315 e. The van der Waals surface area contributed by atoms with Crippen LogP contribution in [0, 0.1) is 0 Å². The van der Waals surface area contributed by atoms with Gasteiger partial charge in [0, 0.05) is 45.5 Å². The first-order chi connectivity index (χ1) is 11.6. The largest absolute Gasteiger partial charge is 0.354 e. The summed E-state index contributed by atoms with van der Waals surface area (Å²) in [5.74, 6) is 1.02. The van der Waals surface area contributed by atoms with Gasteiger partial charge in [-0.3, -0.25) is 0 Å². The number of nitrogens with zero attached hydrogens (tertiary/aromatic N) is 3. The SMILES string of the molecule is CCN1CCN(c2ccc(CNC(=O)NCC=C(C)C)cn2)CC1. The van der Waals surface area contributed by atoms with Crippen LogP contribution in [0.4, 0.5) is 10.6 Å². The molecule has 0 aliphatic carbocycles. The molecule has 1 fully saturated rings. The lowest BCUT2D eigenvalue weighted by atomic mass is 10.2. The number of rotatable bonds is 6. The molecular weight excluding hydrogens is 302 g/mol. The summed E-state index contributed by atoms with van der Waals surface area (Å²) >= 11 is 0. The van der Waals surface area contributed by atoms with E-state index in [9.17, 15) is 4.79 Å². The second kappa shape index (κ2) is 9.27. The molecule has 0 unspecified atom stereocenters. The Morgan fingerprint density at radius 3 is 2.54 bits per heavy atom. The second-order valence-electron chi connectivity index (χ2n) is 6.29. The highest BCUT2D eigenvalue weighted by Gasteiger charge is 2.16. The first kappa shape index (κ1) is 18.3. The minimum Gasteiger partial charge on any atom is -0.354 e. The van der Waals surface area contributed by atoms with Gasteiger partial charge in [0.2, 0.25) is 0 Å². The Morgan fingerprint density at radius 2 is 1.96 bits per heavy atom. The molecule has 2 N–H and O–H groups in total. The van der Waals surface area contributed by atoms with E-state index in [1.165, 1.54) is 5.57 Å². The van der Waals surface area contributed by atoms with Crippen molar-refractivity contribution in [3.05, 3.63) is 35.5 Å². The quantitative estimate of drug-likeness (QED) is 0.783. The molecule has 1 aromatic rings. The molecule has 1 saturated heterocycles. The van der Waals surface area contributed by atoms with E-state index in [4.69, 9.17) is 0 Å². The minimum absolute atomic E-state index is 0.160. The normalized spacial score (nSPS) is 15.0. The monoisotopic (exact) mass is 331 g/mol. The number of carbonyl (C=O) groups excluding carboxylic acids is 1. The van der Waals surface area contributed by atoms with Crippen molar-refractivity contribution in [2.75, 3.05) is 44.2 Å². The molecule has 0 atom stereocenters. The highest BCUT2D eigenvalue weighted by atomic mass is 16.2. The number of hydrogen-bond acceptors (Lipinski definition) is 4. The van der Waals surface area contributed by atoms with Crippen LogP contribution in [0.1, 0.15) is 26.3 Å². The lowest BCUT2D eigenvalue weighted by Crippen LogP contribution is -2.46. The molecule has 132 valence electrons. The van der Waals surface area contributed by atoms with Gasteiger partial charge >= 0.3 is 6.03 Å². The number of urea groups is 1. The first-order valence-corrected chi connectivity index (χ1v) is 8.65. The number of hydrogen-bond donors (Lipinski definition) is 2. The molecule has 0 aromatic carbocycles. The number of carbonyl (C=O) groups is 1. The molecular formula is C18H29N5O. The van der Waals surface area contributed by atoms with Gasteiger partial charge in [-0.25, -0.2) is 9.78 Å². The van der Waals surface area contributed by atoms with Crippen molar-refractivity contribution in [1.29, 1.82) is 0 Å². The van der Waals surface area contributed by atoms with E-state index in [-0.39, 0.29) is 6.03 Å². The van der Waals surface area contributed by atoms with Crippen molar-refractivity contribution < 1.29 is 4.79 Å². The number of likely N-dealkylation sites (N-methyl/N-ethyl adjacent to an activating group) is 1. The summed E-state index contributed by atoms with van der Waals surface area (Å²) in [4.78, 5) is 21.0. The Labute approximate surface area is 144 Å². The molecule has 2 amide bonds. The zero-order valence-corrected chi connectivity index (χ0v) is 15.0. The smallest absolute Gasteiger partial charge is 0.315 e. The van der Waals surface area contributed by atoms with E-state index >= 15 is 0 Å². The van der Waals surface area contributed by atoms with Crippen molar-refractivity contribution in [2.24, 2.45) is 0 Å². The van der Waals surface area contributed by atoms with E-state index in [2.05, 4.69) is 32.3 Å². The van der Waals surface area contributed by atoms with Crippen LogP contribution in [0.5, 0.6) is 0 Å². The second-order valence-corrected chi connectivity index (χ2v) is 6.29. The van der Waals surface area contributed by atoms with Crippen molar-refractivity contribution in [1.82, 2.24) is 20.5 Å². The van der Waals surface area contributed by atoms with Crippen LogP contribution >= 0.6 is 0 Å². The highest BCUT2D eigenvalue weighted by molar-refractivity contribution is 5.73. The van der Waals surface area contributed by atoms with Gasteiger partial charge in [0.15, 0.2) is 0 Å². The van der Waals surface area contributed by atoms with Crippen LogP contribution in [0.15, 0.2) is 30.0 Å². The van der Waals surface area contributed by atoms with E-state index < -0.39 is 0 Å². The average molecular weight is 331 g/mol. The molecule has 2 rings (SSSR count). The fourth-order valence-corrected chi connectivity index (χ4v) is 2.59. The third-order valence-electron chi connectivity index (χ3n) is 4.18. The van der Waals surface area contributed by atoms with Crippen molar-refractivity contribution in [2.45, 2.75) is 27.3 Å². The number of nitrogens with one attached hydrogen (secondary N) is 2. The fourth-order valence-electron chi connectivity index (χ4n) is 2.59. The number of amides is 2. The molecule has 6 heteroatoms. The van der Waals surface area contributed by atoms with Gasteiger partial charge in [0.25, 0.3) is 0 Å². The van der Waals surface area contributed by atoms with Gasteiger partial charge in [-0.15, -0.1) is 0 Å². The summed E-state index contributed by atoms with van der Waals surface area (Å²) in [6.45, 7) is 12.6. The van der Waals surface area contributed by atoms with Crippen LogP contribution in [0.3, 0.4) is 0 Å². The molecule has 0 saturated carbocycles. The van der Waals surface area contributed by atoms with Gasteiger partial charge < -0.3 is 20.4 Å². The first-order valence-electron chi connectivity index (χ1n) is 8.65. The minimum atomic E-state index is -0.160. The highest BCUT2D eigenvalue weighted by Crippen LogP contribution is 2.13. The van der Waals surface area contributed by atoms with Gasteiger partial charge in [-0.05, 0) is 32.0 Å².